The Balaban J connectivity index is 2.45. The molecule has 1 unspecified atom stereocenters. The minimum atomic E-state index is -0.201. The van der Waals surface area contributed by atoms with Gasteiger partial charge in [-0.3, -0.25) is 14.5 Å². The van der Waals surface area contributed by atoms with Crippen molar-refractivity contribution < 1.29 is 9.59 Å². The number of imide groups is 1. The van der Waals surface area contributed by atoms with Gasteiger partial charge in [0.25, 0.3) is 11.8 Å². The molecular weight excluding hydrogens is 168 g/mol. The number of carbonyl (C=O) groups is 2. The molecule has 0 aromatic heterocycles. The Bertz CT molecular complexity index is 230. The summed E-state index contributed by atoms with van der Waals surface area (Å²) in [7, 11) is 1.85. The molecule has 13 heavy (non-hydrogen) atoms. The summed E-state index contributed by atoms with van der Waals surface area (Å²) in [5.74, 6) is -0.112. The second-order valence-corrected chi connectivity index (χ2v) is 3.28. The molecule has 0 saturated heterocycles. The van der Waals surface area contributed by atoms with Gasteiger partial charge >= 0.3 is 0 Å². The number of carbonyl (C=O) groups excluding carboxylic acids is 2. The lowest BCUT2D eigenvalue weighted by atomic mass is 10.1. The zero-order chi connectivity index (χ0) is 9.84. The third kappa shape index (κ3) is 2.39. The first kappa shape index (κ1) is 9.92. The van der Waals surface area contributed by atoms with E-state index in [-0.39, 0.29) is 17.7 Å². The van der Waals surface area contributed by atoms with Gasteiger partial charge in [0.1, 0.15) is 0 Å². The minimum Gasteiger partial charge on any atom is -0.319 e. The van der Waals surface area contributed by atoms with Crippen LogP contribution >= 0.6 is 0 Å². The summed E-state index contributed by atoms with van der Waals surface area (Å²) >= 11 is 0. The number of nitrogens with one attached hydrogen (secondary N) is 1. The third-order valence-electron chi connectivity index (χ3n) is 1.95. The summed E-state index contributed by atoms with van der Waals surface area (Å²) in [6.45, 7) is 3.29. The van der Waals surface area contributed by atoms with Crippen molar-refractivity contribution in [1.82, 2.24) is 10.2 Å². The zero-order valence-corrected chi connectivity index (χ0v) is 7.91. The van der Waals surface area contributed by atoms with E-state index in [0.29, 0.717) is 6.54 Å². The van der Waals surface area contributed by atoms with Gasteiger partial charge in [0.2, 0.25) is 0 Å². The van der Waals surface area contributed by atoms with Crippen LogP contribution in [-0.4, -0.2) is 36.9 Å². The molecule has 0 fully saturated rings. The van der Waals surface area contributed by atoms with Gasteiger partial charge in [0.15, 0.2) is 0 Å². The highest BCUT2D eigenvalue weighted by molar-refractivity contribution is 6.12. The molecule has 1 N–H and O–H groups in total. The predicted molar refractivity (Wildman–Crippen MR) is 49.0 cm³/mol. The molecule has 4 nitrogen and oxygen atoms in total. The molecule has 0 aliphatic carbocycles. The molecule has 1 aliphatic heterocycles. The van der Waals surface area contributed by atoms with E-state index in [0.717, 1.165) is 6.54 Å². The molecule has 0 aromatic carbocycles. The Kier molecular flexibility index (Phi) is 3.19. The third-order valence-corrected chi connectivity index (χ3v) is 1.95. The van der Waals surface area contributed by atoms with Crippen LogP contribution < -0.4 is 5.32 Å². The predicted octanol–water partition coefficient (Wildman–Crippen LogP) is -0.233. The van der Waals surface area contributed by atoms with Crippen molar-refractivity contribution in [3.63, 3.8) is 0 Å². The normalized spacial score (nSPS) is 18.5. The van der Waals surface area contributed by atoms with E-state index < -0.39 is 0 Å². The summed E-state index contributed by atoms with van der Waals surface area (Å²) in [6, 6.07) is 0. The Morgan fingerprint density at radius 1 is 1.38 bits per heavy atom. The van der Waals surface area contributed by atoms with Crippen molar-refractivity contribution in [2.45, 2.75) is 6.92 Å². The van der Waals surface area contributed by atoms with E-state index in [1.54, 1.807) is 0 Å². The molecule has 0 bridgehead atoms. The molecule has 1 aliphatic rings. The van der Waals surface area contributed by atoms with Crippen LogP contribution in [0.4, 0.5) is 0 Å². The quantitative estimate of drug-likeness (QED) is 0.611. The molecule has 2 amide bonds. The fourth-order valence-corrected chi connectivity index (χ4v) is 1.34. The zero-order valence-electron chi connectivity index (χ0n) is 7.91. The second-order valence-electron chi connectivity index (χ2n) is 3.28. The lowest BCUT2D eigenvalue weighted by Crippen LogP contribution is -2.36. The molecule has 0 spiro atoms. The molecule has 72 valence electrons. The van der Waals surface area contributed by atoms with E-state index in [9.17, 15) is 9.59 Å². The van der Waals surface area contributed by atoms with Crippen LogP contribution in [0.3, 0.4) is 0 Å². The SMILES string of the molecule is CNCC(C)CN1C(=O)C=CC1=O. The maximum absolute atomic E-state index is 11.1. The van der Waals surface area contributed by atoms with E-state index in [4.69, 9.17) is 0 Å². The minimum absolute atomic E-state index is 0.201. The molecule has 0 saturated carbocycles. The van der Waals surface area contributed by atoms with Crippen molar-refractivity contribution in [3.05, 3.63) is 12.2 Å². The summed E-state index contributed by atoms with van der Waals surface area (Å²) < 4.78 is 0. The Morgan fingerprint density at radius 3 is 2.38 bits per heavy atom. The van der Waals surface area contributed by atoms with Crippen molar-refractivity contribution >= 4 is 11.8 Å². The number of nitrogens with zero attached hydrogens (tertiary/aromatic N) is 1. The summed E-state index contributed by atoms with van der Waals surface area (Å²) in [5.41, 5.74) is 0. The van der Waals surface area contributed by atoms with Crippen LogP contribution in [0.15, 0.2) is 12.2 Å². The van der Waals surface area contributed by atoms with Gasteiger partial charge in [-0.1, -0.05) is 6.92 Å². The van der Waals surface area contributed by atoms with Crippen molar-refractivity contribution in [1.29, 1.82) is 0 Å². The molecule has 0 aromatic rings. The number of amides is 2. The van der Waals surface area contributed by atoms with Gasteiger partial charge in [0, 0.05) is 18.7 Å². The number of hydrogen-bond acceptors (Lipinski definition) is 3. The van der Waals surface area contributed by atoms with E-state index in [2.05, 4.69) is 5.32 Å². The fraction of sp³-hybridized carbons (Fsp3) is 0.556. The first-order chi connectivity index (χ1) is 6.15. The molecule has 1 atom stereocenters. The summed E-state index contributed by atoms with van der Waals surface area (Å²) in [5, 5.41) is 3.00. The highest BCUT2D eigenvalue weighted by atomic mass is 16.2. The van der Waals surface area contributed by atoms with Gasteiger partial charge < -0.3 is 5.32 Å². The van der Waals surface area contributed by atoms with Gasteiger partial charge in [-0.25, -0.2) is 0 Å². The fourth-order valence-electron chi connectivity index (χ4n) is 1.34. The first-order valence-corrected chi connectivity index (χ1v) is 4.33. The maximum Gasteiger partial charge on any atom is 0.253 e. The summed E-state index contributed by atoms with van der Waals surface area (Å²) in [6.07, 6.45) is 2.63. The van der Waals surface area contributed by atoms with Gasteiger partial charge in [-0.2, -0.15) is 0 Å². The molecule has 1 heterocycles. The molecule has 0 radical (unpaired) electrons. The number of rotatable bonds is 4. The van der Waals surface area contributed by atoms with Crippen LogP contribution in [0.5, 0.6) is 0 Å². The van der Waals surface area contributed by atoms with Crippen molar-refractivity contribution in [3.8, 4) is 0 Å². The van der Waals surface area contributed by atoms with Crippen molar-refractivity contribution in [2.75, 3.05) is 20.1 Å². The lowest BCUT2D eigenvalue weighted by Gasteiger charge is -2.18. The van der Waals surface area contributed by atoms with Crippen LogP contribution in [0.2, 0.25) is 0 Å². The monoisotopic (exact) mass is 182 g/mol. The Morgan fingerprint density at radius 2 is 1.92 bits per heavy atom. The smallest absolute Gasteiger partial charge is 0.253 e. The standard InChI is InChI=1S/C9H14N2O2/c1-7(5-10-2)6-11-8(12)3-4-9(11)13/h3-4,7,10H,5-6H2,1-2H3. The average Bonchev–Trinajstić information content (AvgIpc) is 2.36. The maximum atomic E-state index is 11.1. The highest BCUT2D eigenvalue weighted by Crippen LogP contribution is 2.06. The highest BCUT2D eigenvalue weighted by Gasteiger charge is 2.24. The van der Waals surface area contributed by atoms with Crippen LogP contribution in [0.25, 0.3) is 0 Å². The van der Waals surface area contributed by atoms with Gasteiger partial charge in [-0.05, 0) is 19.5 Å². The Hall–Kier alpha value is -1.16. The van der Waals surface area contributed by atoms with Crippen LogP contribution in [-0.2, 0) is 9.59 Å². The topological polar surface area (TPSA) is 49.4 Å². The molecule has 1 rings (SSSR count). The molecule has 4 heteroatoms. The van der Waals surface area contributed by atoms with E-state index in [1.807, 2.05) is 14.0 Å². The van der Waals surface area contributed by atoms with E-state index in [1.165, 1.54) is 17.1 Å². The number of hydrogen-bond donors (Lipinski definition) is 1. The van der Waals surface area contributed by atoms with Crippen molar-refractivity contribution in [2.24, 2.45) is 5.92 Å². The van der Waals surface area contributed by atoms with Crippen LogP contribution in [0.1, 0.15) is 6.92 Å². The lowest BCUT2D eigenvalue weighted by molar-refractivity contribution is -0.137. The second kappa shape index (κ2) is 4.18. The largest absolute Gasteiger partial charge is 0.319 e. The van der Waals surface area contributed by atoms with Gasteiger partial charge in [0.05, 0.1) is 0 Å². The Labute approximate surface area is 77.6 Å². The average molecular weight is 182 g/mol. The van der Waals surface area contributed by atoms with Crippen LogP contribution in [0, 0.1) is 5.92 Å². The van der Waals surface area contributed by atoms with Gasteiger partial charge in [-0.15, -0.1) is 0 Å². The van der Waals surface area contributed by atoms with E-state index >= 15 is 0 Å². The summed E-state index contributed by atoms with van der Waals surface area (Å²) in [4.78, 5) is 23.5. The first-order valence-electron chi connectivity index (χ1n) is 4.33. The molecular formula is C9H14N2O2.